The van der Waals surface area contributed by atoms with Crippen LogP contribution in [0.3, 0.4) is 0 Å². The zero-order valence-corrected chi connectivity index (χ0v) is 13.6. The number of nitrogens with zero attached hydrogens (tertiary/aromatic N) is 1. The molecule has 4 heteroatoms. The maximum absolute atomic E-state index is 9.77. The lowest BCUT2D eigenvalue weighted by atomic mass is 9.91. The van der Waals surface area contributed by atoms with E-state index in [-0.39, 0.29) is 6.10 Å². The molecule has 2 aromatic rings. The summed E-state index contributed by atoms with van der Waals surface area (Å²) in [6, 6.07) is 12.7. The van der Waals surface area contributed by atoms with E-state index >= 15 is 0 Å². The summed E-state index contributed by atoms with van der Waals surface area (Å²) in [4.78, 5) is 2.46. The SMILES string of the molecule is COc1cccc(CN(Cc2ccco2)C2CCC(O)CC2)c1. The van der Waals surface area contributed by atoms with Crippen LogP contribution in [0, 0.1) is 0 Å². The highest BCUT2D eigenvalue weighted by molar-refractivity contribution is 5.28. The molecule has 1 fully saturated rings. The molecule has 0 saturated heterocycles. The van der Waals surface area contributed by atoms with E-state index in [0.29, 0.717) is 6.04 Å². The van der Waals surface area contributed by atoms with Gasteiger partial charge in [-0.3, -0.25) is 4.90 Å². The Balaban J connectivity index is 1.73. The maximum Gasteiger partial charge on any atom is 0.119 e. The first-order valence-corrected chi connectivity index (χ1v) is 8.32. The predicted molar refractivity (Wildman–Crippen MR) is 89.2 cm³/mol. The number of aliphatic hydroxyl groups excluding tert-OH is 1. The number of furan rings is 1. The van der Waals surface area contributed by atoms with Crippen molar-refractivity contribution in [3.63, 3.8) is 0 Å². The molecule has 0 radical (unpaired) electrons. The van der Waals surface area contributed by atoms with E-state index in [4.69, 9.17) is 9.15 Å². The topological polar surface area (TPSA) is 45.8 Å². The molecule has 0 amide bonds. The molecule has 3 rings (SSSR count). The lowest BCUT2D eigenvalue weighted by molar-refractivity contribution is 0.0633. The van der Waals surface area contributed by atoms with Crippen LogP contribution in [0.4, 0.5) is 0 Å². The van der Waals surface area contributed by atoms with Gasteiger partial charge in [-0.15, -0.1) is 0 Å². The van der Waals surface area contributed by atoms with Crippen molar-refractivity contribution in [2.75, 3.05) is 7.11 Å². The number of rotatable bonds is 6. The standard InChI is InChI=1S/C19H25NO3/c1-22-18-5-2-4-15(12-18)13-20(14-19-6-3-11-23-19)16-7-9-17(21)10-8-16/h2-6,11-12,16-17,21H,7-10,13-14H2,1H3. The average molecular weight is 315 g/mol. The third kappa shape index (κ3) is 4.36. The molecule has 1 aliphatic rings. The molecule has 1 aliphatic carbocycles. The van der Waals surface area contributed by atoms with Gasteiger partial charge in [0.25, 0.3) is 0 Å². The van der Waals surface area contributed by atoms with Crippen molar-refractivity contribution in [1.29, 1.82) is 0 Å². The van der Waals surface area contributed by atoms with Crippen LogP contribution in [0.2, 0.25) is 0 Å². The normalized spacial score (nSPS) is 21.5. The summed E-state index contributed by atoms with van der Waals surface area (Å²) in [5.74, 6) is 1.87. The minimum Gasteiger partial charge on any atom is -0.497 e. The van der Waals surface area contributed by atoms with Gasteiger partial charge in [-0.2, -0.15) is 0 Å². The van der Waals surface area contributed by atoms with Crippen molar-refractivity contribution >= 4 is 0 Å². The molecule has 4 nitrogen and oxygen atoms in total. The van der Waals surface area contributed by atoms with Gasteiger partial charge >= 0.3 is 0 Å². The van der Waals surface area contributed by atoms with Crippen LogP contribution >= 0.6 is 0 Å². The fourth-order valence-corrected chi connectivity index (χ4v) is 3.35. The Bertz CT molecular complexity index is 588. The Hall–Kier alpha value is -1.78. The van der Waals surface area contributed by atoms with Crippen molar-refractivity contribution in [3.8, 4) is 5.75 Å². The van der Waals surface area contributed by atoms with Crippen molar-refractivity contribution in [2.24, 2.45) is 0 Å². The van der Waals surface area contributed by atoms with Gasteiger partial charge < -0.3 is 14.3 Å². The molecule has 124 valence electrons. The maximum atomic E-state index is 9.77. The molecule has 0 unspecified atom stereocenters. The van der Waals surface area contributed by atoms with Gasteiger partial charge in [0.1, 0.15) is 11.5 Å². The Kier molecular flexibility index (Phi) is 5.36. The second-order valence-electron chi connectivity index (χ2n) is 6.30. The monoisotopic (exact) mass is 315 g/mol. The van der Waals surface area contributed by atoms with E-state index in [2.05, 4.69) is 17.0 Å². The van der Waals surface area contributed by atoms with Gasteiger partial charge in [-0.05, 0) is 55.5 Å². The molecule has 0 bridgehead atoms. The lowest BCUT2D eigenvalue weighted by Crippen LogP contribution is -2.38. The minimum absolute atomic E-state index is 0.131. The number of aliphatic hydroxyl groups is 1. The fourth-order valence-electron chi connectivity index (χ4n) is 3.35. The quantitative estimate of drug-likeness (QED) is 0.885. The Morgan fingerprint density at radius 1 is 1.13 bits per heavy atom. The van der Waals surface area contributed by atoms with E-state index < -0.39 is 0 Å². The molecule has 0 spiro atoms. The van der Waals surface area contributed by atoms with Crippen LogP contribution < -0.4 is 4.74 Å². The lowest BCUT2D eigenvalue weighted by Gasteiger charge is -2.35. The Morgan fingerprint density at radius 2 is 1.96 bits per heavy atom. The molecule has 1 saturated carbocycles. The third-order valence-corrected chi connectivity index (χ3v) is 4.64. The largest absolute Gasteiger partial charge is 0.497 e. The van der Waals surface area contributed by atoms with E-state index in [1.165, 1.54) is 5.56 Å². The van der Waals surface area contributed by atoms with Crippen LogP contribution in [-0.4, -0.2) is 29.3 Å². The van der Waals surface area contributed by atoms with Crippen LogP contribution in [-0.2, 0) is 13.1 Å². The molecule has 1 aromatic heterocycles. The highest BCUT2D eigenvalue weighted by atomic mass is 16.5. The molecule has 0 aliphatic heterocycles. The number of hydrogen-bond donors (Lipinski definition) is 1. The zero-order valence-electron chi connectivity index (χ0n) is 13.6. The molecule has 0 atom stereocenters. The van der Waals surface area contributed by atoms with Crippen LogP contribution in [0.5, 0.6) is 5.75 Å². The van der Waals surface area contributed by atoms with E-state index in [1.54, 1.807) is 13.4 Å². The second-order valence-corrected chi connectivity index (χ2v) is 6.30. The molecular formula is C19H25NO3. The van der Waals surface area contributed by atoms with Gasteiger partial charge in [0.05, 0.1) is 26.0 Å². The number of ether oxygens (including phenoxy) is 1. The molecule has 1 N–H and O–H groups in total. The minimum atomic E-state index is -0.131. The number of benzene rings is 1. The molecule has 23 heavy (non-hydrogen) atoms. The summed E-state index contributed by atoms with van der Waals surface area (Å²) >= 11 is 0. The molecular weight excluding hydrogens is 290 g/mol. The first-order chi connectivity index (χ1) is 11.2. The van der Waals surface area contributed by atoms with Gasteiger partial charge in [0.15, 0.2) is 0 Å². The predicted octanol–water partition coefficient (Wildman–Crippen LogP) is 3.59. The van der Waals surface area contributed by atoms with Crippen molar-refractivity contribution in [1.82, 2.24) is 4.90 Å². The van der Waals surface area contributed by atoms with E-state index in [0.717, 1.165) is 50.3 Å². The highest BCUT2D eigenvalue weighted by Crippen LogP contribution is 2.27. The molecule has 1 heterocycles. The van der Waals surface area contributed by atoms with Gasteiger partial charge in [0, 0.05) is 12.6 Å². The Labute approximate surface area is 137 Å². The number of hydrogen-bond acceptors (Lipinski definition) is 4. The summed E-state index contributed by atoms with van der Waals surface area (Å²) < 4.78 is 10.9. The highest BCUT2D eigenvalue weighted by Gasteiger charge is 2.25. The van der Waals surface area contributed by atoms with Gasteiger partial charge in [0.2, 0.25) is 0 Å². The van der Waals surface area contributed by atoms with Crippen molar-refractivity contribution in [2.45, 2.75) is 50.9 Å². The molecule has 1 aromatic carbocycles. The van der Waals surface area contributed by atoms with Crippen LogP contribution in [0.25, 0.3) is 0 Å². The van der Waals surface area contributed by atoms with E-state index in [9.17, 15) is 5.11 Å². The van der Waals surface area contributed by atoms with Crippen molar-refractivity contribution in [3.05, 3.63) is 54.0 Å². The van der Waals surface area contributed by atoms with Gasteiger partial charge in [-0.1, -0.05) is 12.1 Å². The van der Waals surface area contributed by atoms with Crippen LogP contribution in [0.1, 0.15) is 37.0 Å². The summed E-state index contributed by atoms with van der Waals surface area (Å²) in [6.07, 6.45) is 5.43. The van der Waals surface area contributed by atoms with E-state index in [1.807, 2.05) is 24.3 Å². The van der Waals surface area contributed by atoms with Crippen molar-refractivity contribution < 1.29 is 14.3 Å². The van der Waals surface area contributed by atoms with Crippen LogP contribution in [0.15, 0.2) is 47.1 Å². The first-order valence-electron chi connectivity index (χ1n) is 8.32. The first kappa shape index (κ1) is 16.1. The summed E-state index contributed by atoms with van der Waals surface area (Å²) in [6.45, 7) is 1.66. The average Bonchev–Trinajstić information content (AvgIpc) is 3.08. The fraction of sp³-hybridized carbons (Fsp3) is 0.474. The van der Waals surface area contributed by atoms with Gasteiger partial charge in [-0.25, -0.2) is 0 Å². The summed E-state index contributed by atoms with van der Waals surface area (Å²) in [5.41, 5.74) is 1.24. The smallest absolute Gasteiger partial charge is 0.119 e. The zero-order chi connectivity index (χ0) is 16.1. The summed E-state index contributed by atoms with van der Waals surface area (Å²) in [5, 5.41) is 9.77. The Morgan fingerprint density at radius 3 is 2.65 bits per heavy atom. The number of methoxy groups -OCH3 is 1. The second kappa shape index (κ2) is 7.66. The summed E-state index contributed by atoms with van der Waals surface area (Å²) in [7, 11) is 1.70. The third-order valence-electron chi connectivity index (χ3n) is 4.64.